The summed E-state index contributed by atoms with van der Waals surface area (Å²) < 4.78 is 63.5. The summed E-state index contributed by atoms with van der Waals surface area (Å²) in [5.74, 6) is -5.36. The number of carbonyl (C=O) groups is 3. The van der Waals surface area contributed by atoms with E-state index in [9.17, 15) is 31.1 Å². The minimum absolute atomic E-state index is 0.326. The van der Waals surface area contributed by atoms with Crippen molar-refractivity contribution in [3.8, 4) is 11.4 Å². The first-order valence-corrected chi connectivity index (χ1v) is 10.8. The van der Waals surface area contributed by atoms with Gasteiger partial charge in [-0.3, -0.25) is 4.79 Å². The van der Waals surface area contributed by atoms with Gasteiger partial charge in [-0.15, -0.1) is 0 Å². The van der Waals surface area contributed by atoms with Gasteiger partial charge in [0.05, 0.1) is 11.1 Å². The number of amides is 1. The van der Waals surface area contributed by atoms with Gasteiger partial charge in [-0.25, -0.2) is 14.6 Å². The summed E-state index contributed by atoms with van der Waals surface area (Å²) in [6.07, 6.45) is -7.78. The topological polar surface area (TPSA) is 158 Å². The lowest BCUT2D eigenvalue weighted by Crippen LogP contribution is -2.21. The van der Waals surface area contributed by atoms with Gasteiger partial charge in [0.25, 0.3) is 5.91 Å². The fourth-order valence-corrected chi connectivity index (χ4v) is 3.47. The van der Waals surface area contributed by atoms with Crippen molar-refractivity contribution in [2.45, 2.75) is 31.2 Å². The fourth-order valence-electron chi connectivity index (χ4n) is 3.25. The summed E-state index contributed by atoms with van der Waals surface area (Å²) in [6.45, 7) is 1.08. The molecule has 1 aliphatic rings. The summed E-state index contributed by atoms with van der Waals surface area (Å²) in [5, 5.41) is 18.2. The first-order valence-electron chi connectivity index (χ1n) is 10.4. The Morgan fingerprint density at radius 1 is 0.974 bits per heavy atom. The molecule has 6 N–H and O–H groups in total. The Hall–Kier alpha value is -3.85. The molecule has 16 heteroatoms. The van der Waals surface area contributed by atoms with Crippen LogP contribution in [0.1, 0.15) is 34.8 Å². The molecule has 206 valence electrons. The number of hydrogen-bond donors (Lipinski definition) is 5. The number of benzene rings is 2. The van der Waals surface area contributed by atoms with Gasteiger partial charge in [0.1, 0.15) is 11.3 Å². The number of carboxylic acid groups (broad SMARTS) is 2. The van der Waals surface area contributed by atoms with E-state index < -0.39 is 30.2 Å². The number of imidazole rings is 1. The Balaban J connectivity index is 0.000000301. The number of rotatable bonds is 3. The molecular weight excluding hydrogens is 550 g/mol. The van der Waals surface area contributed by atoms with E-state index in [0.29, 0.717) is 33.5 Å². The summed E-state index contributed by atoms with van der Waals surface area (Å²) in [7, 11) is 0. The lowest BCUT2D eigenvalue weighted by molar-refractivity contribution is -0.193. The number of aliphatic carboxylic acids is 2. The molecule has 0 aliphatic carbocycles. The van der Waals surface area contributed by atoms with Gasteiger partial charge in [-0.05, 0) is 37.1 Å². The lowest BCUT2D eigenvalue weighted by Gasteiger charge is -2.10. The maximum absolute atomic E-state index is 11.6. The maximum Gasteiger partial charge on any atom is 0.490 e. The molecule has 2 heterocycles. The van der Waals surface area contributed by atoms with Crippen molar-refractivity contribution in [3.05, 3.63) is 52.5 Å². The van der Waals surface area contributed by atoms with E-state index in [0.717, 1.165) is 12.1 Å². The molecule has 1 unspecified atom stereocenters. The molecule has 3 aromatic rings. The Kier molecular flexibility index (Phi) is 9.70. The highest BCUT2D eigenvalue weighted by molar-refractivity contribution is 6.32. The summed E-state index contributed by atoms with van der Waals surface area (Å²) >= 11 is 6.05. The molecule has 9 nitrogen and oxygen atoms in total. The van der Waals surface area contributed by atoms with Crippen molar-refractivity contribution in [1.29, 1.82) is 0 Å². The second-order valence-corrected chi connectivity index (χ2v) is 8.11. The predicted octanol–water partition coefficient (Wildman–Crippen LogP) is 4.67. The molecule has 1 aromatic heterocycles. The quantitative estimate of drug-likeness (QED) is 0.287. The largest absolute Gasteiger partial charge is 0.490 e. The fraction of sp³-hybridized carbons (Fsp3) is 0.273. The van der Waals surface area contributed by atoms with Crippen LogP contribution < -0.4 is 11.1 Å². The van der Waals surface area contributed by atoms with Crippen LogP contribution in [0.25, 0.3) is 22.4 Å². The molecule has 1 amide bonds. The lowest BCUT2D eigenvalue weighted by atomic mass is 10.0. The van der Waals surface area contributed by atoms with E-state index in [2.05, 4.69) is 27.4 Å². The average Bonchev–Trinajstić information content (AvgIpc) is 3.48. The molecule has 1 fully saturated rings. The number of halogens is 7. The third-order valence-electron chi connectivity index (χ3n) is 4.95. The van der Waals surface area contributed by atoms with Crippen LogP contribution in [0.2, 0.25) is 5.02 Å². The van der Waals surface area contributed by atoms with Crippen molar-refractivity contribution >= 4 is 40.5 Å². The Morgan fingerprint density at radius 3 is 1.92 bits per heavy atom. The number of aromatic amines is 1. The molecule has 1 saturated heterocycles. The van der Waals surface area contributed by atoms with Gasteiger partial charge in [-0.1, -0.05) is 35.9 Å². The number of nitrogens with two attached hydrogens (primary N) is 1. The van der Waals surface area contributed by atoms with Crippen molar-refractivity contribution in [3.63, 3.8) is 0 Å². The van der Waals surface area contributed by atoms with Crippen LogP contribution in [-0.4, -0.2) is 56.9 Å². The SMILES string of the molecule is NC(=O)c1cc(Cl)cc2[nH]c(-c3ccc(C4CCCN4)cc3)nc12.O=C(O)C(F)(F)F.O=C(O)C(F)(F)F. The van der Waals surface area contributed by atoms with E-state index in [4.69, 9.17) is 37.1 Å². The van der Waals surface area contributed by atoms with Gasteiger partial charge in [0.2, 0.25) is 0 Å². The van der Waals surface area contributed by atoms with Crippen LogP contribution >= 0.6 is 11.6 Å². The van der Waals surface area contributed by atoms with Gasteiger partial charge < -0.3 is 26.2 Å². The van der Waals surface area contributed by atoms with Crippen LogP contribution in [0.4, 0.5) is 26.3 Å². The Bertz CT molecular complexity index is 1280. The predicted molar refractivity (Wildman–Crippen MR) is 122 cm³/mol. The van der Waals surface area contributed by atoms with Crippen LogP contribution in [0.3, 0.4) is 0 Å². The number of fused-ring (bicyclic) bond motifs is 1. The van der Waals surface area contributed by atoms with Crippen molar-refractivity contribution < 1.29 is 50.9 Å². The number of nitrogens with zero attached hydrogens (tertiary/aromatic N) is 1. The molecule has 1 aliphatic heterocycles. The Morgan fingerprint density at radius 2 is 1.50 bits per heavy atom. The zero-order valence-electron chi connectivity index (χ0n) is 19.0. The molecule has 38 heavy (non-hydrogen) atoms. The number of carbonyl (C=O) groups excluding carboxylic acids is 1. The molecule has 0 spiro atoms. The molecule has 0 radical (unpaired) electrons. The van der Waals surface area contributed by atoms with Gasteiger partial charge >= 0.3 is 24.3 Å². The zero-order chi connectivity index (χ0) is 28.8. The number of hydrogen-bond acceptors (Lipinski definition) is 5. The van der Waals surface area contributed by atoms with Crippen molar-refractivity contribution in [2.24, 2.45) is 5.73 Å². The first-order chi connectivity index (χ1) is 17.5. The average molecular weight is 569 g/mol. The Labute approximate surface area is 214 Å². The minimum Gasteiger partial charge on any atom is -0.475 e. The van der Waals surface area contributed by atoms with E-state index in [1.54, 1.807) is 12.1 Å². The molecule has 0 bridgehead atoms. The van der Waals surface area contributed by atoms with Crippen LogP contribution in [0.15, 0.2) is 36.4 Å². The van der Waals surface area contributed by atoms with Crippen LogP contribution in [-0.2, 0) is 9.59 Å². The number of aromatic nitrogens is 2. The summed E-state index contributed by atoms with van der Waals surface area (Å²) in [4.78, 5) is 37.2. The highest BCUT2D eigenvalue weighted by Crippen LogP contribution is 2.28. The van der Waals surface area contributed by atoms with Crippen molar-refractivity contribution in [2.75, 3.05) is 6.54 Å². The second kappa shape index (κ2) is 12.1. The third kappa shape index (κ3) is 8.34. The van der Waals surface area contributed by atoms with E-state index >= 15 is 0 Å². The smallest absolute Gasteiger partial charge is 0.475 e. The van der Waals surface area contributed by atoms with Crippen LogP contribution in [0, 0.1) is 0 Å². The summed E-state index contributed by atoms with van der Waals surface area (Å²) in [5.41, 5.74) is 9.24. The third-order valence-corrected chi connectivity index (χ3v) is 5.17. The monoisotopic (exact) mass is 568 g/mol. The number of carboxylic acids is 2. The van der Waals surface area contributed by atoms with Gasteiger partial charge in [0.15, 0.2) is 0 Å². The van der Waals surface area contributed by atoms with Crippen molar-refractivity contribution in [1.82, 2.24) is 15.3 Å². The molecular formula is C22H19ClF6N4O5. The van der Waals surface area contributed by atoms with Gasteiger partial charge in [0, 0.05) is 16.6 Å². The molecule has 4 rings (SSSR count). The number of nitrogens with one attached hydrogen (secondary N) is 2. The molecule has 0 saturated carbocycles. The normalized spacial score (nSPS) is 15.2. The number of alkyl halides is 6. The highest BCUT2D eigenvalue weighted by atomic mass is 35.5. The summed E-state index contributed by atoms with van der Waals surface area (Å²) in [6, 6.07) is 12.1. The van der Waals surface area contributed by atoms with E-state index in [1.807, 2.05) is 12.1 Å². The first kappa shape index (κ1) is 30.4. The maximum atomic E-state index is 11.6. The minimum atomic E-state index is -5.08. The van der Waals surface area contributed by atoms with Crippen LogP contribution in [0.5, 0.6) is 0 Å². The molecule has 1 atom stereocenters. The van der Waals surface area contributed by atoms with Gasteiger partial charge in [-0.2, -0.15) is 26.3 Å². The van der Waals surface area contributed by atoms with E-state index in [-0.39, 0.29) is 0 Å². The van der Waals surface area contributed by atoms with E-state index in [1.165, 1.54) is 18.4 Å². The second-order valence-electron chi connectivity index (χ2n) is 7.68. The molecule has 2 aromatic carbocycles. The highest BCUT2D eigenvalue weighted by Gasteiger charge is 2.38. The standard InChI is InChI=1S/C18H17ClN4O.2C2HF3O2/c19-12-8-13(17(20)24)16-15(9-12)22-18(23-16)11-5-3-10(4-6-11)14-2-1-7-21-14;2*3-2(4,5)1(6)7/h3-6,8-9,14,21H,1-2,7H2,(H2,20,24)(H,22,23);2*(H,6,7). The number of primary amides is 1. The number of H-pyrrole nitrogens is 1. The zero-order valence-corrected chi connectivity index (χ0v) is 19.7.